The standard InChI is InChI=1S/C18H18ClNO7/c1-3-25-17-10-14(15(20(22)23)11-16(17)24-2)18(21)27-8-7-26-13-6-4-5-12(19)9-13/h4-6,9-11H,3,7-8H2,1-2H3. The Morgan fingerprint density at radius 2 is 1.93 bits per heavy atom. The Morgan fingerprint density at radius 3 is 2.56 bits per heavy atom. The van der Waals surface area contributed by atoms with Crippen LogP contribution in [0.3, 0.4) is 0 Å². The van der Waals surface area contributed by atoms with Gasteiger partial charge >= 0.3 is 5.97 Å². The van der Waals surface area contributed by atoms with Crippen molar-refractivity contribution in [1.29, 1.82) is 0 Å². The molecular formula is C18H18ClNO7. The number of carbonyl (C=O) groups is 1. The predicted octanol–water partition coefficient (Wildman–Crippen LogP) is 3.89. The zero-order chi connectivity index (χ0) is 19.8. The fraction of sp³-hybridized carbons (Fsp3) is 0.278. The maximum Gasteiger partial charge on any atom is 0.345 e. The van der Waals surface area contributed by atoms with Crippen LogP contribution < -0.4 is 14.2 Å². The molecule has 27 heavy (non-hydrogen) atoms. The van der Waals surface area contributed by atoms with Crippen LogP contribution in [0.4, 0.5) is 5.69 Å². The van der Waals surface area contributed by atoms with Crippen molar-refractivity contribution in [2.45, 2.75) is 6.92 Å². The maximum absolute atomic E-state index is 12.3. The summed E-state index contributed by atoms with van der Waals surface area (Å²) in [5.41, 5.74) is -0.664. The van der Waals surface area contributed by atoms with Gasteiger partial charge in [0.25, 0.3) is 5.69 Å². The molecule has 0 spiro atoms. The number of nitrogens with zero attached hydrogens (tertiary/aromatic N) is 1. The first-order valence-electron chi connectivity index (χ1n) is 8.01. The second-order valence-corrected chi connectivity index (χ2v) is 5.59. The molecule has 0 saturated carbocycles. The van der Waals surface area contributed by atoms with Crippen LogP contribution in [-0.4, -0.2) is 37.8 Å². The zero-order valence-electron chi connectivity index (χ0n) is 14.8. The van der Waals surface area contributed by atoms with E-state index < -0.39 is 16.6 Å². The molecule has 0 aliphatic rings. The van der Waals surface area contributed by atoms with Crippen molar-refractivity contribution in [3.63, 3.8) is 0 Å². The van der Waals surface area contributed by atoms with Gasteiger partial charge < -0.3 is 18.9 Å². The summed E-state index contributed by atoms with van der Waals surface area (Å²) < 4.78 is 20.9. The molecule has 0 unspecified atom stereocenters. The minimum absolute atomic E-state index is 0.0638. The van der Waals surface area contributed by atoms with Gasteiger partial charge in [-0.2, -0.15) is 0 Å². The number of esters is 1. The summed E-state index contributed by atoms with van der Waals surface area (Å²) in [7, 11) is 1.35. The van der Waals surface area contributed by atoms with Crippen LogP contribution in [-0.2, 0) is 4.74 Å². The van der Waals surface area contributed by atoms with Gasteiger partial charge in [-0.25, -0.2) is 4.79 Å². The van der Waals surface area contributed by atoms with Crippen molar-refractivity contribution in [2.24, 2.45) is 0 Å². The van der Waals surface area contributed by atoms with E-state index in [0.717, 1.165) is 6.07 Å². The predicted molar refractivity (Wildman–Crippen MR) is 98.0 cm³/mol. The van der Waals surface area contributed by atoms with E-state index in [9.17, 15) is 14.9 Å². The third-order valence-corrected chi connectivity index (χ3v) is 3.61. The van der Waals surface area contributed by atoms with Gasteiger partial charge in [-0.1, -0.05) is 17.7 Å². The number of hydrogen-bond donors (Lipinski definition) is 0. The fourth-order valence-electron chi connectivity index (χ4n) is 2.22. The summed E-state index contributed by atoms with van der Waals surface area (Å²) in [6.07, 6.45) is 0. The average Bonchev–Trinajstić information content (AvgIpc) is 2.65. The summed E-state index contributed by atoms with van der Waals surface area (Å²) in [6, 6.07) is 9.11. The lowest BCUT2D eigenvalue weighted by Crippen LogP contribution is -2.14. The molecule has 2 aromatic rings. The fourth-order valence-corrected chi connectivity index (χ4v) is 2.40. The maximum atomic E-state index is 12.3. The van der Waals surface area contributed by atoms with Crippen molar-refractivity contribution < 1.29 is 28.7 Å². The van der Waals surface area contributed by atoms with Gasteiger partial charge in [-0.15, -0.1) is 0 Å². The molecule has 0 aliphatic heterocycles. The van der Waals surface area contributed by atoms with Gasteiger partial charge in [0.15, 0.2) is 11.5 Å². The molecule has 144 valence electrons. The SMILES string of the molecule is CCOc1cc(C(=O)OCCOc2cccc(Cl)c2)c([N+](=O)[O-])cc1OC. The summed E-state index contributed by atoms with van der Waals surface area (Å²) in [6.45, 7) is 2.01. The van der Waals surface area contributed by atoms with E-state index in [4.69, 9.17) is 30.5 Å². The first kappa shape index (κ1) is 20.3. The minimum Gasteiger partial charge on any atom is -0.493 e. The highest BCUT2D eigenvalue weighted by Crippen LogP contribution is 2.35. The van der Waals surface area contributed by atoms with Gasteiger partial charge in [0.2, 0.25) is 0 Å². The van der Waals surface area contributed by atoms with E-state index in [-0.39, 0.29) is 30.3 Å². The molecular weight excluding hydrogens is 378 g/mol. The molecule has 0 aromatic heterocycles. The monoisotopic (exact) mass is 395 g/mol. The van der Waals surface area contributed by atoms with Crippen LogP contribution in [0.25, 0.3) is 0 Å². The molecule has 0 radical (unpaired) electrons. The molecule has 2 aromatic carbocycles. The second-order valence-electron chi connectivity index (χ2n) is 5.15. The van der Waals surface area contributed by atoms with Crippen LogP contribution >= 0.6 is 11.6 Å². The Balaban J connectivity index is 2.07. The number of methoxy groups -OCH3 is 1. The van der Waals surface area contributed by atoms with E-state index in [2.05, 4.69) is 0 Å². The smallest absolute Gasteiger partial charge is 0.345 e. The molecule has 0 N–H and O–H groups in total. The lowest BCUT2D eigenvalue weighted by molar-refractivity contribution is -0.385. The third-order valence-electron chi connectivity index (χ3n) is 3.38. The van der Waals surface area contributed by atoms with E-state index in [0.29, 0.717) is 17.4 Å². The largest absolute Gasteiger partial charge is 0.493 e. The number of rotatable bonds is 9. The highest BCUT2D eigenvalue weighted by atomic mass is 35.5. The molecule has 0 saturated heterocycles. The summed E-state index contributed by atoms with van der Waals surface area (Å²) in [5, 5.41) is 11.8. The summed E-state index contributed by atoms with van der Waals surface area (Å²) in [5.74, 6) is 0.0322. The highest BCUT2D eigenvalue weighted by molar-refractivity contribution is 6.30. The molecule has 0 atom stereocenters. The van der Waals surface area contributed by atoms with Crippen LogP contribution in [0.15, 0.2) is 36.4 Å². The van der Waals surface area contributed by atoms with Crippen molar-refractivity contribution >= 4 is 23.3 Å². The quantitative estimate of drug-likeness (QED) is 0.275. The van der Waals surface area contributed by atoms with Gasteiger partial charge in [-0.05, 0) is 25.1 Å². The molecule has 8 nitrogen and oxygen atoms in total. The van der Waals surface area contributed by atoms with Crippen LogP contribution in [0.1, 0.15) is 17.3 Å². The number of nitro benzene ring substituents is 1. The lowest BCUT2D eigenvalue weighted by Gasteiger charge is -2.12. The molecule has 0 fully saturated rings. The first-order chi connectivity index (χ1) is 13.0. The second kappa shape index (κ2) is 9.63. The number of benzene rings is 2. The molecule has 0 amide bonds. The Bertz CT molecular complexity index is 825. The third kappa shape index (κ3) is 5.49. The van der Waals surface area contributed by atoms with Crippen LogP contribution in [0, 0.1) is 10.1 Å². The summed E-state index contributed by atoms with van der Waals surface area (Å²) in [4.78, 5) is 22.9. The van der Waals surface area contributed by atoms with Gasteiger partial charge in [0.05, 0.1) is 24.7 Å². The van der Waals surface area contributed by atoms with E-state index in [1.54, 1.807) is 31.2 Å². The van der Waals surface area contributed by atoms with E-state index in [1.807, 2.05) is 0 Å². The summed E-state index contributed by atoms with van der Waals surface area (Å²) >= 11 is 5.85. The Hall–Kier alpha value is -3.00. The van der Waals surface area contributed by atoms with Crippen molar-refractivity contribution in [2.75, 3.05) is 26.9 Å². The van der Waals surface area contributed by atoms with Gasteiger partial charge in [-0.3, -0.25) is 10.1 Å². The van der Waals surface area contributed by atoms with Gasteiger partial charge in [0.1, 0.15) is 24.5 Å². The van der Waals surface area contributed by atoms with Gasteiger partial charge in [0, 0.05) is 11.1 Å². The molecule has 9 heteroatoms. The highest BCUT2D eigenvalue weighted by Gasteiger charge is 2.25. The number of nitro groups is 1. The molecule has 0 heterocycles. The average molecular weight is 396 g/mol. The first-order valence-corrected chi connectivity index (χ1v) is 8.38. The number of carbonyl (C=O) groups excluding carboxylic acids is 1. The van der Waals surface area contributed by atoms with Crippen molar-refractivity contribution in [3.05, 3.63) is 57.1 Å². The zero-order valence-corrected chi connectivity index (χ0v) is 15.5. The molecule has 2 rings (SSSR count). The normalized spacial score (nSPS) is 10.2. The lowest BCUT2D eigenvalue weighted by atomic mass is 10.1. The molecule has 0 bridgehead atoms. The van der Waals surface area contributed by atoms with E-state index in [1.165, 1.54) is 13.2 Å². The Kier molecular flexibility index (Phi) is 7.25. The number of hydrogen-bond acceptors (Lipinski definition) is 7. The Labute approximate surface area is 160 Å². The number of ether oxygens (including phenoxy) is 4. The van der Waals surface area contributed by atoms with Crippen LogP contribution in [0.5, 0.6) is 17.2 Å². The number of halogens is 1. The Morgan fingerprint density at radius 1 is 1.15 bits per heavy atom. The minimum atomic E-state index is -0.861. The van der Waals surface area contributed by atoms with Crippen LogP contribution in [0.2, 0.25) is 5.02 Å². The van der Waals surface area contributed by atoms with Crippen molar-refractivity contribution in [3.8, 4) is 17.2 Å². The topological polar surface area (TPSA) is 97.1 Å². The van der Waals surface area contributed by atoms with Crippen molar-refractivity contribution in [1.82, 2.24) is 0 Å². The van der Waals surface area contributed by atoms with E-state index >= 15 is 0 Å². The molecule has 0 aliphatic carbocycles.